The molecule has 0 saturated carbocycles. The maximum Gasteiger partial charge on any atom is 0.305 e. The highest BCUT2D eigenvalue weighted by Gasteiger charge is 2.30. The van der Waals surface area contributed by atoms with Crippen LogP contribution in [-0.2, 0) is 14.4 Å². The number of carboxylic acids is 1. The molecule has 2 atom stereocenters. The van der Waals surface area contributed by atoms with E-state index in [-0.39, 0.29) is 30.7 Å². The molecule has 2 amide bonds. The molecule has 25 heavy (non-hydrogen) atoms. The first-order valence-corrected chi connectivity index (χ1v) is 9.46. The predicted octanol–water partition coefficient (Wildman–Crippen LogP) is 0.984. The van der Waals surface area contributed by atoms with Crippen LogP contribution in [0, 0.1) is 11.8 Å². The second-order valence-corrected chi connectivity index (χ2v) is 7.44. The highest BCUT2D eigenvalue weighted by atomic mass is 16.4. The third-order valence-corrected chi connectivity index (χ3v) is 5.25. The lowest BCUT2D eigenvalue weighted by Crippen LogP contribution is -2.48. The van der Waals surface area contributed by atoms with Crippen molar-refractivity contribution in [1.82, 2.24) is 15.5 Å². The fraction of sp³-hybridized carbons (Fsp3) is 0.833. The molecule has 3 N–H and O–H groups in total. The molecule has 7 heteroatoms. The van der Waals surface area contributed by atoms with Crippen LogP contribution in [0.5, 0.6) is 0 Å². The average molecular weight is 353 g/mol. The molecule has 0 aromatic rings. The van der Waals surface area contributed by atoms with E-state index in [4.69, 9.17) is 5.11 Å². The molecule has 0 bridgehead atoms. The standard InChI is InChI=1S/C18H31N3O4/c1-13(11-17(23)24)20-16(22)12-21-10-2-3-15(18(21)25)5-4-14-6-8-19-9-7-14/h13-15,19H,2-12H2,1H3,(H,20,22)(H,23,24)/t13-,15-/m1/s1. The van der Waals surface area contributed by atoms with Crippen LogP contribution < -0.4 is 10.6 Å². The zero-order valence-corrected chi connectivity index (χ0v) is 15.1. The Morgan fingerprint density at radius 2 is 2.00 bits per heavy atom. The molecule has 0 unspecified atom stereocenters. The minimum atomic E-state index is -0.945. The van der Waals surface area contributed by atoms with Crippen molar-refractivity contribution in [1.29, 1.82) is 0 Å². The SMILES string of the molecule is C[C@H](CC(=O)O)NC(=O)CN1CCC[C@H](CCC2CCNCC2)C1=O. The van der Waals surface area contributed by atoms with Gasteiger partial charge in [0.05, 0.1) is 13.0 Å². The Labute approximate surface area is 149 Å². The monoisotopic (exact) mass is 353 g/mol. The average Bonchev–Trinajstić information content (AvgIpc) is 2.55. The molecule has 142 valence electrons. The van der Waals surface area contributed by atoms with E-state index in [9.17, 15) is 14.4 Å². The van der Waals surface area contributed by atoms with Gasteiger partial charge >= 0.3 is 5.97 Å². The smallest absolute Gasteiger partial charge is 0.305 e. The lowest BCUT2D eigenvalue weighted by Gasteiger charge is -2.33. The summed E-state index contributed by atoms with van der Waals surface area (Å²) in [5.41, 5.74) is 0. The summed E-state index contributed by atoms with van der Waals surface area (Å²) in [4.78, 5) is 37.0. The summed E-state index contributed by atoms with van der Waals surface area (Å²) in [6.07, 6.45) is 6.12. The van der Waals surface area contributed by atoms with Crippen LogP contribution in [0.3, 0.4) is 0 Å². The summed E-state index contributed by atoms with van der Waals surface area (Å²) in [7, 11) is 0. The van der Waals surface area contributed by atoms with E-state index in [1.807, 2.05) is 0 Å². The molecule has 2 heterocycles. The van der Waals surface area contributed by atoms with Gasteiger partial charge in [0.1, 0.15) is 0 Å². The fourth-order valence-corrected chi connectivity index (χ4v) is 3.86. The quantitative estimate of drug-likeness (QED) is 0.604. The predicted molar refractivity (Wildman–Crippen MR) is 94.0 cm³/mol. The first kappa shape index (κ1) is 19.7. The van der Waals surface area contributed by atoms with E-state index in [0.29, 0.717) is 12.5 Å². The van der Waals surface area contributed by atoms with Crippen molar-refractivity contribution in [2.75, 3.05) is 26.2 Å². The number of nitrogens with one attached hydrogen (secondary N) is 2. The van der Waals surface area contributed by atoms with Gasteiger partial charge in [-0.2, -0.15) is 0 Å². The van der Waals surface area contributed by atoms with Crippen LogP contribution in [0.15, 0.2) is 0 Å². The summed E-state index contributed by atoms with van der Waals surface area (Å²) in [5, 5.41) is 14.8. The van der Waals surface area contributed by atoms with Gasteiger partial charge in [0.15, 0.2) is 0 Å². The van der Waals surface area contributed by atoms with Gasteiger partial charge in [-0.3, -0.25) is 14.4 Å². The number of likely N-dealkylation sites (tertiary alicyclic amines) is 1. The maximum absolute atomic E-state index is 12.6. The van der Waals surface area contributed by atoms with Crippen molar-refractivity contribution >= 4 is 17.8 Å². The Balaban J connectivity index is 1.76. The number of nitrogens with zero attached hydrogens (tertiary/aromatic N) is 1. The van der Waals surface area contributed by atoms with E-state index >= 15 is 0 Å². The molecule has 2 saturated heterocycles. The molecule has 2 rings (SSSR count). The third-order valence-electron chi connectivity index (χ3n) is 5.25. The van der Waals surface area contributed by atoms with Crippen molar-refractivity contribution in [2.24, 2.45) is 11.8 Å². The van der Waals surface area contributed by atoms with Gasteiger partial charge in [-0.05, 0) is 64.5 Å². The lowest BCUT2D eigenvalue weighted by atomic mass is 9.86. The van der Waals surface area contributed by atoms with E-state index < -0.39 is 12.0 Å². The summed E-state index contributed by atoms with van der Waals surface area (Å²) >= 11 is 0. The molecule has 2 aliphatic rings. The van der Waals surface area contributed by atoms with Gasteiger partial charge in [-0.15, -0.1) is 0 Å². The number of carboxylic acid groups (broad SMARTS) is 1. The first-order valence-electron chi connectivity index (χ1n) is 9.46. The van der Waals surface area contributed by atoms with Gasteiger partial charge in [0.25, 0.3) is 0 Å². The summed E-state index contributed by atoms with van der Waals surface area (Å²) in [6.45, 7) is 4.45. The zero-order valence-electron chi connectivity index (χ0n) is 15.1. The highest BCUT2D eigenvalue weighted by molar-refractivity contribution is 5.86. The van der Waals surface area contributed by atoms with Crippen molar-refractivity contribution in [2.45, 2.75) is 57.9 Å². The molecular formula is C18H31N3O4. The number of rotatable bonds is 8. The number of piperidine rings is 2. The fourth-order valence-electron chi connectivity index (χ4n) is 3.86. The number of hydrogen-bond donors (Lipinski definition) is 3. The topological polar surface area (TPSA) is 98.7 Å². The summed E-state index contributed by atoms with van der Waals surface area (Å²) in [5.74, 6) is -0.389. The molecule has 0 aromatic heterocycles. The largest absolute Gasteiger partial charge is 0.481 e. The highest BCUT2D eigenvalue weighted by Crippen LogP contribution is 2.27. The third kappa shape index (κ3) is 6.65. The molecule has 2 fully saturated rings. The Morgan fingerprint density at radius 1 is 1.28 bits per heavy atom. The van der Waals surface area contributed by atoms with Crippen LogP contribution >= 0.6 is 0 Å². The van der Waals surface area contributed by atoms with Gasteiger partial charge < -0.3 is 20.6 Å². The van der Waals surface area contributed by atoms with E-state index in [2.05, 4.69) is 10.6 Å². The maximum atomic E-state index is 12.6. The lowest BCUT2D eigenvalue weighted by molar-refractivity contribution is -0.143. The van der Waals surface area contributed by atoms with E-state index in [0.717, 1.165) is 38.8 Å². The molecule has 0 radical (unpaired) electrons. The summed E-state index contributed by atoms with van der Waals surface area (Å²) in [6, 6.07) is -0.430. The van der Waals surface area contributed by atoms with Crippen molar-refractivity contribution in [3.63, 3.8) is 0 Å². The zero-order chi connectivity index (χ0) is 18.2. The van der Waals surface area contributed by atoms with E-state index in [1.54, 1.807) is 11.8 Å². The second kappa shape index (κ2) is 9.75. The minimum Gasteiger partial charge on any atom is -0.481 e. The molecule has 0 spiro atoms. The molecular weight excluding hydrogens is 322 g/mol. The van der Waals surface area contributed by atoms with Crippen LogP contribution in [0.4, 0.5) is 0 Å². The van der Waals surface area contributed by atoms with Gasteiger partial charge in [0.2, 0.25) is 11.8 Å². The Bertz CT molecular complexity index is 477. The second-order valence-electron chi connectivity index (χ2n) is 7.44. The van der Waals surface area contributed by atoms with Crippen LogP contribution in [0.25, 0.3) is 0 Å². The van der Waals surface area contributed by atoms with Crippen LogP contribution in [-0.4, -0.2) is 60.0 Å². The Hall–Kier alpha value is -1.63. The van der Waals surface area contributed by atoms with E-state index in [1.165, 1.54) is 12.8 Å². The van der Waals surface area contributed by atoms with Crippen LogP contribution in [0.2, 0.25) is 0 Å². The number of carbonyl (C=O) groups excluding carboxylic acids is 2. The van der Waals surface area contributed by atoms with Crippen LogP contribution in [0.1, 0.15) is 51.9 Å². The first-order chi connectivity index (χ1) is 12.0. The molecule has 2 aliphatic heterocycles. The number of aliphatic carboxylic acids is 1. The minimum absolute atomic E-state index is 0.0344. The Kier molecular flexibility index (Phi) is 7.68. The van der Waals surface area contributed by atoms with Crippen molar-refractivity contribution in [3.05, 3.63) is 0 Å². The Morgan fingerprint density at radius 3 is 2.68 bits per heavy atom. The molecule has 7 nitrogen and oxygen atoms in total. The number of hydrogen-bond acceptors (Lipinski definition) is 4. The van der Waals surface area contributed by atoms with Gasteiger partial charge in [-0.25, -0.2) is 0 Å². The number of carbonyl (C=O) groups is 3. The van der Waals surface area contributed by atoms with Gasteiger partial charge in [0, 0.05) is 18.5 Å². The summed E-state index contributed by atoms with van der Waals surface area (Å²) < 4.78 is 0. The van der Waals surface area contributed by atoms with Crippen molar-refractivity contribution < 1.29 is 19.5 Å². The van der Waals surface area contributed by atoms with Gasteiger partial charge in [-0.1, -0.05) is 0 Å². The van der Waals surface area contributed by atoms with Crippen molar-refractivity contribution in [3.8, 4) is 0 Å². The molecule has 0 aliphatic carbocycles. The normalized spacial score (nSPS) is 23.3. The molecule has 0 aromatic carbocycles. The number of amides is 2.